The third-order valence-corrected chi connectivity index (χ3v) is 6.67. The van der Waals surface area contributed by atoms with Gasteiger partial charge in [0.2, 0.25) is 0 Å². The predicted octanol–water partition coefficient (Wildman–Crippen LogP) is 5.60. The summed E-state index contributed by atoms with van der Waals surface area (Å²) in [4.78, 5) is 0. The van der Waals surface area contributed by atoms with Crippen LogP contribution in [0.2, 0.25) is 0 Å². The van der Waals surface area contributed by atoms with E-state index < -0.39 is 0 Å². The molecule has 21 heavy (non-hydrogen) atoms. The maximum Gasteiger partial charge on any atom is 0.0725 e. The Morgan fingerprint density at radius 1 is 0.952 bits per heavy atom. The van der Waals surface area contributed by atoms with Crippen molar-refractivity contribution in [2.75, 3.05) is 0 Å². The van der Waals surface area contributed by atoms with Crippen LogP contribution in [0.4, 0.5) is 0 Å². The summed E-state index contributed by atoms with van der Waals surface area (Å²) in [6.07, 6.45) is 9.91. The Morgan fingerprint density at radius 2 is 1.76 bits per heavy atom. The van der Waals surface area contributed by atoms with Gasteiger partial charge < -0.3 is 4.74 Å². The van der Waals surface area contributed by atoms with Gasteiger partial charge in [-0.05, 0) is 53.7 Å². The van der Waals surface area contributed by atoms with Crippen LogP contribution in [0.1, 0.15) is 67.0 Å². The molecule has 0 radical (unpaired) electrons. The molecule has 2 aliphatic carbocycles. The molecule has 2 heteroatoms. The van der Waals surface area contributed by atoms with Gasteiger partial charge >= 0.3 is 0 Å². The molecule has 0 spiro atoms. The molecular weight excluding hydrogens is 280 g/mol. The van der Waals surface area contributed by atoms with Crippen molar-refractivity contribution < 1.29 is 4.74 Å². The number of fused-ring (bicyclic) bond motifs is 2. The molecule has 0 aromatic heterocycles. The first-order valence-electron chi connectivity index (χ1n) is 8.65. The van der Waals surface area contributed by atoms with Gasteiger partial charge in [-0.1, -0.05) is 43.9 Å². The SMILES string of the molecule is ClC(c1ccc2c(c1)COC2)C1CCC2CCCCC2C1. The Balaban J connectivity index is 1.48. The first-order valence-corrected chi connectivity index (χ1v) is 9.08. The van der Waals surface area contributed by atoms with E-state index in [9.17, 15) is 0 Å². The van der Waals surface area contributed by atoms with Crippen molar-refractivity contribution in [3.8, 4) is 0 Å². The molecule has 2 fully saturated rings. The Hall–Kier alpha value is -0.530. The molecule has 0 saturated heterocycles. The normalized spacial score (nSPS) is 33.3. The molecule has 3 aliphatic rings. The van der Waals surface area contributed by atoms with Crippen molar-refractivity contribution in [3.63, 3.8) is 0 Å². The van der Waals surface area contributed by atoms with Gasteiger partial charge in [-0.2, -0.15) is 0 Å². The third-order valence-electron chi connectivity index (χ3n) is 6.06. The second kappa shape index (κ2) is 5.93. The van der Waals surface area contributed by atoms with Crippen molar-refractivity contribution in [1.29, 1.82) is 0 Å². The van der Waals surface area contributed by atoms with Crippen molar-refractivity contribution in [2.45, 2.75) is 63.5 Å². The predicted molar refractivity (Wildman–Crippen MR) is 86.3 cm³/mol. The summed E-state index contributed by atoms with van der Waals surface area (Å²) >= 11 is 6.88. The fourth-order valence-electron chi connectivity index (χ4n) is 4.81. The van der Waals surface area contributed by atoms with E-state index in [-0.39, 0.29) is 5.38 Å². The zero-order valence-corrected chi connectivity index (χ0v) is 13.4. The van der Waals surface area contributed by atoms with Crippen LogP contribution in [0.15, 0.2) is 18.2 Å². The fraction of sp³-hybridized carbons (Fsp3) is 0.684. The molecule has 114 valence electrons. The number of benzene rings is 1. The van der Waals surface area contributed by atoms with E-state index >= 15 is 0 Å². The number of hydrogen-bond donors (Lipinski definition) is 0. The third kappa shape index (κ3) is 2.75. The molecule has 1 heterocycles. The van der Waals surface area contributed by atoms with Crippen molar-refractivity contribution in [3.05, 3.63) is 34.9 Å². The minimum atomic E-state index is 0.193. The summed E-state index contributed by atoms with van der Waals surface area (Å²) in [6, 6.07) is 6.75. The number of halogens is 1. The Morgan fingerprint density at radius 3 is 2.67 bits per heavy atom. The van der Waals surface area contributed by atoms with Crippen LogP contribution in [-0.2, 0) is 18.0 Å². The maximum atomic E-state index is 6.88. The lowest BCUT2D eigenvalue weighted by atomic mass is 9.66. The van der Waals surface area contributed by atoms with Crippen LogP contribution in [0, 0.1) is 17.8 Å². The van der Waals surface area contributed by atoms with Crippen LogP contribution in [-0.4, -0.2) is 0 Å². The lowest BCUT2D eigenvalue weighted by Crippen LogP contribution is -2.29. The molecule has 4 atom stereocenters. The van der Waals surface area contributed by atoms with Crippen molar-refractivity contribution >= 4 is 11.6 Å². The van der Waals surface area contributed by atoms with Crippen molar-refractivity contribution in [1.82, 2.24) is 0 Å². The first-order chi connectivity index (χ1) is 10.3. The van der Waals surface area contributed by atoms with Gasteiger partial charge in [0.25, 0.3) is 0 Å². The maximum absolute atomic E-state index is 6.88. The van der Waals surface area contributed by atoms with E-state index in [0.29, 0.717) is 5.92 Å². The van der Waals surface area contributed by atoms with E-state index in [2.05, 4.69) is 18.2 Å². The second-order valence-corrected chi connectivity index (χ2v) is 7.77. The summed E-state index contributed by atoms with van der Waals surface area (Å²) in [5, 5.41) is 0.193. The average Bonchev–Trinajstić information content (AvgIpc) is 3.01. The minimum absolute atomic E-state index is 0.193. The van der Waals surface area contributed by atoms with Gasteiger partial charge in [-0.15, -0.1) is 11.6 Å². The lowest BCUT2D eigenvalue weighted by Gasteiger charge is -2.40. The van der Waals surface area contributed by atoms with Crippen LogP contribution in [0.5, 0.6) is 0 Å². The van der Waals surface area contributed by atoms with Gasteiger partial charge in [0.1, 0.15) is 0 Å². The fourth-order valence-corrected chi connectivity index (χ4v) is 5.18. The summed E-state index contributed by atoms with van der Waals surface area (Å²) < 4.78 is 5.52. The summed E-state index contributed by atoms with van der Waals surface area (Å²) in [7, 11) is 0. The van der Waals surface area contributed by atoms with E-state index in [1.807, 2.05) is 0 Å². The van der Waals surface area contributed by atoms with Crippen LogP contribution in [0.25, 0.3) is 0 Å². The van der Waals surface area contributed by atoms with Gasteiger partial charge in [0, 0.05) is 0 Å². The van der Waals surface area contributed by atoms with E-state index in [0.717, 1.165) is 25.0 Å². The highest BCUT2D eigenvalue weighted by Crippen LogP contribution is 2.48. The zero-order chi connectivity index (χ0) is 14.2. The van der Waals surface area contributed by atoms with E-state index in [1.165, 1.54) is 61.6 Å². The second-order valence-electron chi connectivity index (χ2n) is 7.30. The quantitative estimate of drug-likeness (QED) is 0.646. The Bertz CT molecular complexity index is 512. The molecule has 1 aromatic rings. The van der Waals surface area contributed by atoms with Gasteiger partial charge in [0.05, 0.1) is 18.6 Å². The highest BCUT2D eigenvalue weighted by atomic mass is 35.5. The van der Waals surface area contributed by atoms with E-state index in [4.69, 9.17) is 16.3 Å². The summed E-state index contributed by atoms with van der Waals surface area (Å²) in [5.41, 5.74) is 4.02. The number of ether oxygens (including phenoxy) is 1. The highest BCUT2D eigenvalue weighted by Gasteiger charge is 2.35. The summed E-state index contributed by atoms with van der Waals surface area (Å²) in [6.45, 7) is 1.54. The largest absolute Gasteiger partial charge is 0.372 e. The zero-order valence-electron chi connectivity index (χ0n) is 12.7. The topological polar surface area (TPSA) is 9.23 Å². The average molecular weight is 305 g/mol. The van der Waals surface area contributed by atoms with Gasteiger partial charge in [0.15, 0.2) is 0 Å². The summed E-state index contributed by atoms with van der Waals surface area (Å²) in [5.74, 6) is 2.63. The highest BCUT2D eigenvalue weighted by molar-refractivity contribution is 6.21. The lowest BCUT2D eigenvalue weighted by molar-refractivity contribution is 0.127. The molecule has 0 bridgehead atoms. The standard InChI is InChI=1S/C19H25ClO/c20-19(16-7-8-17-11-21-12-18(17)10-16)15-6-5-13-3-1-2-4-14(13)9-15/h7-8,10,13-15,19H,1-6,9,11-12H2. The van der Waals surface area contributed by atoms with Crippen LogP contribution in [0.3, 0.4) is 0 Å². The Labute approximate surface area is 133 Å². The monoisotopic (exact) mass is 304 g/mol. The molecule has 4 rings (SSSR count). The molecule has 2 saturated carbocycles. The molecule has 0 amide bonds. The number of hydrogen-bond acceptors (Lipinski definition) is 1. The molecule has 4 unspecified atom stereocenters. The van der Waals surface area contributed by atoms with Crippen molar-refractivity contribution in [2.24, 2.45) is 17.8 Å². The van der Waals surface area contributed by atoms with Crippen LogP contribution >= 0.6 is 11.6 Å². The number of alkyl halides is 1. The smallest absolute Gasteiger partial charge is 0.0725 e. The van der Waals surface area contributed by atoms with E-state index in [1.54, 1.807) is 0 Å². The van der Waals surface area contributed by atoms with Crippen LogP contribution < -0.4 is 0 Å². The molecule has 1 aliphatic heterocycles. The van der Waals surface area contributed by atoms with Gasteiger partial charge in [-0.3, -0.25) is 0 Å². The molecular formula is C19H25ClO. The molecule has 0 N–H and O–H groups in total. The number of rotatable bonds is 2. The van der Waals surface area contributed by atoms with Gasteiger partial charge in [-0.25, -0.2) is 0 Å². The molecule has 1 nitrogen and oxygen atoms in total. The molecule has 1 aromatic carbocycles. The first kappa shape index (κ1) is 14.1. The minimum Gasteiger partial charge on any atom is -0.372 e. The Kier molecular flexibility index (Phi) is 3.98.